The predicted molar refractivity (Wildman–Crippen MR) is 176 cm³/mol. The highest BCUT2D eigenvalue weighted by Crippen LogP contribution is 2.47. The average Bonchev–Trinajstić information content (AvgIpc) is 2.98. The summed E-state index contributed by atoms with van der Waals surface area (Å²) in [4.78, 5) is 5.06. The zero-order valence-electron chi connectivity index (χ0n) is 26.7. The fourth-order valence-electron chi connectivity index (χ4n) is 5.36. The van der Waals surface area contributed by atoms with Crippen LogP contribution >= 0.6 is 0 Å². The van der Waals surface area contributed by atoms with E-state index >= 15 is 0 Å². The highest BCUT2D eigenvalue weighted by Gasteiger charge is 2.45. The zero-order chi connectivity index (χ0) is 31.4. The van der Waals surface area contributed by atoms with E-state index in [0.717, 1.165) is 16.7 Å². The normalized spacial score (nSPS) is 13.2. The fraction of sp³-hybridized carbons (Fsp3) is 0.342. The number of hydrogen-bond donors (Lipinski definition) is 2. The molecule has 0 saturated carbocycles. The highest BCUT2D eigenvalue weighted by atomic mass is 16.5. The van der Waals surface area contributed by atoms with Gasteiger partial charge in [-0.1, -0.05) is 96.1 Å². The number of phenolic OH excluding ortho intramolecular Hbond substituents is 1. The van der Waals surface area contributed by atoms with E-state index in [1.54, 1.807) is 38.6 Å². The van der Waals surface area contributed by atoms with Crippen molar-refractivity contribution in [3.8, 4) is 17.2 Å². The van der Waals surface area contributed by atoms with E-state index in [1.807, 2.05) is 72.8 Å². The third kappa shape index (κ3) is 6.94. The van der Waals surface area contributed by atoms with Crippen LogP contribution in [0.15, 0.2) is 96.0 Å². The molecule has 0 spiro atoms. The second-order valence-corrected chi connectivity index (χ2v) is 13.1. The molecule has 4 rings (SSSR count). The molecule has 5 nitrogen and oxygen atoms in total. The number of aromatic hydroxyl groups is 1. The van der Waals surface area contributed by atoms with Crippen LogP contribution in [-0.2, 0) is 22.9 Å². The first-order valence-electron chi connectivity index (χ1n) is 14.7. The summed E-state index contributed by atoms with van der Waals surface area (Å²) >= 11 is 0. The number of para-hydroxylation sites is 1. The van der Waals surface area contributed by atoms with Crippen molar-refractivity contribution in [2.24, 2.45) is 4.99 Å². The van der Waals surface area contributed by atoms with E-state index < -0.39 is 11.6 Å². The van der Waals surface area contributed by atoms with Crippen LogP contribution in [0.2, 0.25) is 0 Å². The Hall–Kier alpha value is -4.09. The summed E-state index contributed by atoms with van der Waals surface area (Å²) in [6, 6.07) is 28.4. The van der Waals surface area contributed by atoms with Crippen molar-refractivity contribution in [3.05, 3.63) is 124 Å². The molecule has 4 aromatic rings. The quantitative estimate of drug-likeness (QED) is 0.197. The highest BCUT2D eigenvalue weighted by molar-refractivity contribution is 5.83. The predicted octanol–water partition coefficient (Wildman–Crippen LogP) is 7.97. The summed E-state index contributed by atoms with van der Waals surface area (Å²) in [5, 5.41) is 24.1. The first-order chi connectivity index (χ1) is 20.3. The van der Waals surface area contributed by atoms with Crippen molar-refractivity contribution < 1.29 is 19.7 Å². The summed E-state index contributed by atoms with van der Waals surface area (Å²) in [6.07, 6.45) is 2.06. The van der Waals surface area contributed by atoms with Crippen molar-refractivity contribution in [2.75, 3.05) is 14.2 Å². The van der Waals surface area contributed by atoms with Gasteiger partial charge in [-0.3, -0.25) is 4.99 Å². The van der Waals surface area contributed by atoms with Gasteiger partial charge in [0, 0.05) is 22.9 Å². The monoisotopic (exact) mass is 579 g/mol. The Morgan fingerprint density at radius 2 is 1.19 bits per heavy atom. The third-order valence-electron chi connectivity index (χ3n) is 8.04. The Balaban J connectivity index is 2.11. The largest absolute Gasteiger partial charge is 0.507 e. The van der Waals surface area contributed by atoms with Crippen LogP contribution in [-0.4, -0.2) is 36.7 Å². The van der Waals surface area contributed by atoms with E-state index in [0.29, 0.717) is 34.6 Å². The molecule has 0 heterocycles. The van der Waals surface area contributed by atoms with Crippen LogP contribution in [0.3, 0.4) is 0 Å². The molecule has 0 unspecified atom stereocenters. The Bertz CT molecular complexity index is 1500. The maximum Gasteiger partial charge on any atom is 0.144 e. The minimum atomic E-state index is -1.70. The van der Waals surface area contributed by atoms with Crippen LogP contribution in [0, 0.1) is 0 Å². The average molecular weight is 580 g/mol. The van der Waals surface area contributed by atoms with Gasteiger partial charge in [-0.2, -0.15) is 0 Å². The molecule has 0 bridgehead atoms. The number of aliphatic imine (C=N–C) groups is 1. The number of methoxy groups -OCH3 is 2. The molecule has 2 N–H and O–H groups in total. The van der Waals surface area contributed by atoms with Crippen molar-refractivity contribution in [1.82, 2.24) is 0 Å². The summed E-state index contributed by atoms with van der Waals surface area (Å²) in [7, 11) is 3.24. The van der Waals surface area contributed by atoms with Gasteiger partial charge in [0.1, 0.15) is 22.8 Å². The SMILES string of the molecule is COc1ccc(C(C)(C)C)cc1C(O)(c1cc(C(C)(C)C)ccc1OC)[C@H](Cc1ccccc1)N=Cc1ccccc1O. The van der Waals surface area contributed by atoms with Crippen molar-refractivity contribution >= 4 is 6.21 Å². The number of ether oxygens (including phenoxy) is 2. The molecular weight excluding hydrogens is 534 g/mol. The summed E-state index contributed by atoms with van der Waals surface area (Å²) in [5.41, 5.74) is 2.80. The fourth-order valence-corrected chi connectivity index (χ4v) is 5.36. The number of rotatable bonds is 9. The molecule has 226 valence electrons. The molecule has 5 heteroatoms. The summed E-state index contributed by atoms with van der Waals surface area (Å²) in [6.45, 7) is 12.9. The molecule has 0 saturated heterocycles. The lowest BCUT2D eigenvalue weighted by atomic mass is 9.73. The molecule has 0 fully saturated rings. The minimum absolute atomic E-state index is 0.118. The lowest BCUT2D eigenvalue weighted by molar-refractivity contribution is 0.0475. The first-order valence-corrected chi connectivity index (χ1v) is 14.7. The maximum absolute atomic E-state index is 13.5. The van der Waals surface area contributed by atoms with E-state index in [-0.39, 0.29) is 16.6 Å². The van der Waals surface area contributed by atoms with Crippen molar-refractivity contribution in [2.45, 2.75) is 70.4 Å². The van der Waals surface area contributed by atoms with Crippen molar-refractivity contribution in [3.63, 3.8) is 0 Å². The topological polar surface area (TPSA) is 71.3 Å². The van der Waals surface area contributed by atoms with Crippen LogP contribution < -0.4 is 9.47 Å². The minimum Gasteiger partial charge on any atom is -0.507 e. The molecule has 0 aliphatic rings. The van der Waals surface area contributed by atoms with Gasteiger partial charge in [-0.15, -0.1) is 0 Å². The molecule has 0 radical (unpaired) electrons. The van der Waals surface area contributed by atoms with Crippen molar-refractivity contribution in [1.29, 1.82) is 0 Å². The number of hydrogen-bond acceptors (Lipinski definition) is 5. The van der Waals surface area contributed by atoms with Crippen LogP contribution in [0.5, 0.6) is 17.2 Å². The van der Waals surface area contributed by atoms with Crippen LogP contribution in [0.1, 0.15) is 74.9 Å². The second kappa shape index (κ2) is 12.6. The molecule has 1 atom stereocenters. The van der Waals surface area contributed by atoms with Gasteiger partial charge in [0.25, 0.3) is 0 Å². The number of phenols is 1. The van der Waals surface area contributed by atoms with Gasteiger partial charge in [0.15, 0.2) is 0 Å². The standard InChI is InChI=1S/C38H45NO4/c1-36(2,3)28-18-20-33(42-7)30(23-28)38(41,31-24-29(37(4,5)6)19-21-34(31)43-8)35(22-26-14-10-9-11-15-26)39-25-27-16-12-13-17-32(27)40/h9-21,23-25,35,40-41H,22H2,1-8H3/t35-/m0/s1. The van der Waals surface area contributed by atoms with Gasteiger partial charge in [0.2, 0.25) is 0 Å². The Labute approximate surface area is 256 Å². The van der Waals surface area contributed by atoms with E-state index in [1.165, 1.54) is 0 Å². The van der Waals surface area contributed by atoms with E-state index in [2.05, 4.69) is 41.5 Å². The second-order valence-electron chi connectivity index (χ2n) is 13.1. The molecule has 0 amide bonds. The Morgan fingerprint density at radius 3 is 1.65 bits per heavy atom. The Morgan fingerprint density at radius 1 is 0.698 bits per heavy atom. The van der Waals surface area contributed by atoms with E-state index in [9.17, 15) is 10.2 Å². The summed E-state index contributed by atoms with van der Waals surface area (Å²) in [5.74, 6) is 1.22. The van der Waals surface area contributed by atoms with Gasteiger partial charge in [-0.25, -0.2) is 0 Å². The Kier molecular flexibility index (Phi) is 9.36. The lowest BCUT2D eigenvalue weighted by Gasteiger charge is -2.38. The van der Waals surface area contributed by atoms with Gasteiger partial charge < -0.3 is 19.7 Å². The molecule has 43 heavy (non-hydrogen) atoms. The third-order valence-corrected chi connectivity index (χ3v) is 8.04. The van der Waals surface area contributed by atoms with E-state index in [4.69, 9.17) is 14.5 Å². The summed E-state index contributed by atoms with van der Waals surface area (Å²) < 4.78 is 11.9. The van der Waals surface area contributed by atoms with Crippen LogP contribution in [0.25, 0.3) is 0 Å². The van der Waals surface area contributed by atoms with Gasteiger partial charge >= 0.3 is 0 Å². The van der Waals surface area contributed by atoms with Gasteiger partial charge in [0.05, 0.1) is 20.3 Å². The maximum atomic E-state index is 13.5. The zero-order valence-corrected chi connectivity index (χ0v) is 26.7. The number of nitrogens with zero attached hydrogens (tertiary/aromatic N) is 1. The smallest absolute Gasteiger partial charge is 0.144 e. The number of aliphatic hydroxyl groups is 1. The molecule has 4 aromatic carbocycles. The van der Waals surface area contributed by atoms with Gasteiger partial charge in [-0.05, 0) is 70.3 Å². The first kappa shape index (κ1) is 31.8. The molecular formula is C38H45NO4. The molecule has 0 aliphatic carbocycles. The molecule has 0 aliphatic heterocycles. The molecule has 0 aromatic heterocycles. The number of benzene rings is 4. The van der Waals surface area contributed by atoms with Crippen LogP contribution in [0.4, 0.5) is 0 Å². The lowest BCUT2D eigenvalue weighted by Crippen LogP contribution is -2.42.